The van der Waals surface area contributed by atoms with Gasteiger partial charge in [0.25, 0.3) is 0 Å². The smallest absolute Gasteiger partial charge is 0.407 e. The first kappa shape index (κ1) is 12.7. The predicted molar refractivity (Wildman–Crippen MR) is 71.1 cm³/mol. The van der Waals surface area contributed by atoms with Gasteiger partial charge in [0.05, 0.1) is 0 Å². The minimum absolute atomic E-state index is 0.186. The molecule has 1 aromatic carbocycles. The van der Waals surface area contributed by atoms with Gasteiger partial charge in [0, 0.05) is 6.04 Å². The van der Waals surface area contributed by atoms with Gasteiger partial charge in [-0.05, 0) is 24.3 Å². The van der Waals surface area contributed by atoms with Crippen LogP contribution in [-0.4, -0.2) is 12.1 Å². The zero-order valence-electron chi connectivity index (χ0n) is 10.5. The molecule has 1 aliphatic carbocycles. The predicted octanol–water partition coefficient (Wildman–Crippen LogP) is 3.27. The second kappa shape index (κ2) is 6.24. The first-order valence-corrected chi connectivity index (χ1v) is 6.39. The molecular weight excluding hydrogens is 226 g/mol. The summed E-state index contributed by atoms with van der Waals surface area (Å²) < 4.78 is 5.20. The molecule has 0 radical (unpaired) electrons. The summed E-state index contributed by atoms with van der Waals surface area (Å²) in [6, 6.07) is 9.87. The van der Waals surface area contributed by atoms with Crippen molar-refractivity contribution >= 4 is 6.09 Å². The lowest BCUT2D eigenvalue weighted by molar-refractivity contribution is 0.134. The highest BCUT2D eigenvalue weighted by Crippen LogP contribution is 2.26. The van der Waals surface area contributed by atoms with E-state index in [2.05, 4.69) is 11.9 Å². The summed E-state index contributed by atoms with van der Waals surface area (Å²) in [7, 11) is 0. The standard InChI is InChI=1S/C15H19NO2/c1-2-13-9-6-10-14(13)16-15(17)18-11-12-7-4-3-5-8-12/h2-5,7-8,13-14H,1,6,9-11H2,(H,16,17)/t13-,14-/m0/s1. The van der Waals surface area contributed by atoms with Crippen molar-refractivity contribution in [2.24, 2.45) is 5.92 Å². The van der Waals surface area contributed by atoms with E-state index in [1.165, 1.54) is 0 Å². The summed E-state index contributed by atoms with van der Waals surface area (Å²) in [5.41, 5.74) is 0.999. The number of carbonyl (C=O) groups is 1. The number of carbonyl (C=O) groups excluding carboxylic acids is 1. The van der Waals surface area contributed by atoms with Crippen molar-refractivity contribution in [1.29, 1.82) is 0 Å². The molecule has 0 aliphatic heterocycles. The number of benzene rings is 1. The van der Waals surface area contributed by atoms with Crippen LogP contribution in [0.5, 0.6) is 0 Å². The number of ether oxygens (including phenoxy) is 1. The molecule has 2 atom stereocenters. The molecule has 1 saturated carbocycles. The molecule has 0 bridgehead atoms. The molecule has 1 fully saturated rings. The average Bonchev–Trinajstić information content (AvgIpc) is 2.85. The molecule has 1 N–H and O–H groups in total. The second-order valence-electron chi connectivity index (χ2n) is 4.64. The Kier molecular flexibility index (Phi) is 4.40. The highest BCUT2D eigenvalue weighted by atomic mass is 16.5. The molecule has 3 heteroatoms. The zero-order chi connectivity index (χ0) is 12.8. The van der Waals surface area contributed by atoms with Crippen molar-refractivity contribution in [3.8, 4) is 0 Å². The summed E-state index contributed by atoms with van der Waals surface area (Å²) in [6.45, 7) is 4.12. The first-order valence-electron chi connectivity index (χ1n) is 6.39. The van der Waals surface area contributed by atoms with Gasteiger partial charge >= 0.3 is 6.09 Å². The fraction of sp³-hybridized carbons (Fsp3) is 0.400. The molecule has 1 aliphatic rings. The Labute approximate surface area is 108 Å². The number of rotatable bonds is 4. The Morgan fingerprint density at radius 3 is 2.89 bits per heavy atom. The van der Waals surface area contributed by atoms with E-state index < -0.39 is 0 Å². The Hall–Kier alpha value is -1.77. The van der Waals surface area contributed by atoms with Crippen molar-refractivity contribution in [2.75, 3.05) is 0 Å². The minimum Gasteiger partial charge on any atom is -0.445 e. The van der Waals surface area contributed by atoms with Crippen molar-refractivity contribution in [3.05, 3.63) is 48.6 Å². The van der Waals surface area contributed by atoms with Gasteiger partial charge in [0.1, 0.15) is 6.61 Å². The summed E-state index contributed by atoms with van der Waals surface area (Å²) in [5, 5.41) is 2.92. The van der Waals surface area contributed by atoms with Crippen LogP contribution >= 0.6 is 0 Å². The van der Waals surface area contributed by atoms with E-state index in [-0.39, 0.29) is 12.1 Å². The molecular formula is C15H19NO2. The third-order valence-electron chi connectivity index (χ3n) is 3.39. The molecule has 2 rings (SSSR count). The van der Waals surface area contributed by atoms with Gasteiger partial charge in [0.15, 0.2) is 0 Å². The second-order valence-corrected chi connectivity index (χ2v) is 4.64. The van der Waals surface area contributed by atoms with E-state index in [1.54, 1.807) is 0 Å². The summed E-state index contributed by atoms with van der Waals surface area (Å²) in [5.74, 6) is 0.384. The summed E-state index contributed by atoms with van der Waals surface area (Å²) in [4.78, 5) is 11.7. The number of amides is 1. The molecule has 0 heterocycles. The fourth-order valence-electron chi connectivity index (χ4n) is 2.37. The largest absolute Gasteiger partial charge is 0.445 e. The number of hydrogen-bond donors (Lipinski definition) is 1. The van der Waals surface area contributed by atoms with Crippen LogP contribution in [0.25, 0.3) is 0 Å². The van der Waals surface area contributed by atoms with Crippen LogP contribution in [-0.2, 0) is 11.3 Å². The maximum atomic E-state index is 11.7. The molecule has 1 aromatic rings. The van der Waals surface area contributed by atoms with Gasteiger partial charge in [-0.25, -0.2) is 4.79 Å². The number of alkyl carbamates (subject to hydrolysis) is 1. The van der Waals surface area contributed by atoms with Crippen LogP contribution in [0, 0.1) is 5.92 Å². The lowest BCUT2D eigenvalue weighted by Crippen LogP contribution is -2.37. The number of nitrogens with one attached hydrogen (secondary N) is 1. The fourth-order valence-corrected chi connectivity index (χ4v) is 2.37. The summed E-state index contributed by atoms with van der Waals surface area (Å²) in [6.07, 6.45) is 4.84. The molecule has 3 nitrogen and oxygen atoms in total. The average molecular weight is 245 g/mol. The molecule has 0 aromatic heterocycles. The molecule has 0 unspecified atom stereocenters. The Morgan fingerprint density at radius 1 is 1.39 bits per heavy atom. The van der Waals surface area contributed by atoms with Gasteiger partial charge in [-0.15, -0.1) is 6.58 Å². The Morgan fingerprint density at radius 2 is 2.17 bits per heavy atom. The van der Waals surface area contributed by atoms with Crippen LogP contribution in [0.3, 0.4) is 0 Å². The molecule has 18 heavy (non-hydrogen) atoms. The van der Waals surface area contributed by atoms with Crippen molar-refractivity contribution in [1.82, 2.24) is 5.32 Å². The van der Waals surface area contributed by atoms with E-state index in [0.717, 1.165) is 24.8 Å². The highest BCUT2D eigenvalue weighted by Gasteiger charge is 2.26. The van der Waals surface area contributed by atoms with Crippen molar-refractivity contribution in [2.45, 2.75) is 31.9 Å². The topological polar surface area (TPSA) is 38.3 Å². The van der Waals surface area contributed by atoms with Crippen LogP contribution in [0.1, 0.15) is 24.8 Å². The Bertz CT molecular complexity index is 402. The highest BCUT2D eigenvalue weighted by molar-refractivity contribution is 5.67. The zero-order valence-corrected chi connectivity index (χ0v) is 10.5. The quantitative estimate of drug-likeness (QED) is 0.827. The third kappa shape index (κ3) is 3.36. The van der Waals surface area contributed by atoms with Gasteiger partial charge in [-0.3, -0.25) is 0 Å². The van der Waals surface area contributed by atoms with Crippen molar-refractivity contribution in [3.63, 3.8) is 0 Å². The van der Waals surface area contributed by atoms with Crippen LogP contribution in [0.15, 0.2) is 43.0 Å². The van der Waals surface area contributed by atoms with Gasteiger partial charge in [0.2, 0.25) is 0 Å². The molecule has 0 saturated heterocycles. The van der Waals surface area contributed by atoms with E-state index in [1.807, 2.05) is 36.4 Å². The van der Waals surface area contributed by atoms with Gasteiger partial charge in [-0.2, -0.15) is 0 Å². The van der Waals surface area contributed by atoms with Gasteiger partial charge < -0.3 is 10.1 Å². The lowest BCUT2D eigenvalue weighted by atomic mass is 10.0. The normalized spacial score (nSPS) is 22.4. The SMILES string of the molecule is C=C[C@H]1CCC[C@@H]1NC(=O)OCc1ccccc1. The first-order chi connectivity index (χ1) is 8.79. The van der Waals surface area contributed by atoms with Crippen LogP contribution in [0.4, 0.5) is 4.79 Å². The van der Waals surface area contributed by atoms with E-state index in [9.17, 15) is 4.79 Å². The maximum Gasteiger partial charge on any atom is 0.407 e. The van der Waals surface area contributed by atoms with Gasteiger partial charge in [-0.1, -0.05) is 42.8 Å². The lowest BCUT2D eigenvalue weighted by Gasteiger charge is -2.17. The molecule has 1 amide bonds. The summed E-state index contributed by atoms with van der Waals surface area (Å²) >= 11 is 0. The van der Waals surface area contributed by atoms with Crippen LogP contribution in [0.2, 0.25) is 0 Å². The van der Waals surface area contributed by atoms with Crippen LogP contribution < -0.4 is 5.32 Å². The van der Waals surface area contributed by atoms with E-state index in [0.29, 0.717) is 12.5 Å². The molecule has 0 spiro atoms. The maximum absolute atomic E-state index is 11.7. The van der Waals surface area contributed by atoms with E-state index in [4.69, 9.17) is 4.74 Å². The minimum atomic E-state index is -0.336. The third-order valence-corrected chi connectivity index (χ3v) is 3.39. The van der Waals surface area contributed by atoms with Crippen molar-refractivity contribution < 1.29 is 9.53 Å². The monoisotopic (exact) mass is 245 g/mol. The van der Waals surface area contributed by atoms with E-state index >= 15 is 0 Å². The number of hydrogen-bond acceptors (Lipinski definition) is 2. The molecule has 96 valence electrons. The Balaban J connectivity index is 1.77.